The SMILES string of the molecule is CC(N)CCC(=O)N1C[C@H](O)C[C@@H]1C(=O)O. The summed E-state index contributed by atoms with van der Waals surface area (Å²) in [5.41, 5.74) is 5.52. The average Bonchev–Trinajstić information content (AvgIpc) is 2.56. The summed E-state index contributed by atoms with van der Waals surface area (Å²) in [5, 5.41) is 18.3. The van der Waals surface area contributed by atoms with E-state index in [1.54, 1.807) is 6.92 Å². The van der Waals surface area contributed by atoms with Crippen LogP contribution < -0.4 is 5.73 Å². The molecule has 4 N–H and O–H groups in total. The number of carboxylic acids is 1. The maximum atomic E-state index is 11.7. The molecule has 0 aromatic heterocycles. The van der Waals surface area contributed by atoms with E-state index in [0.29, 0.717) is 6.42 Å². The summed E-state index contributed by atoms with van der Waals surface area (Å²) < 4.78 is 0. The van der Waals surface area contributed by atoms with Crippen LogP contribution in [0.1, 0.15) is 26.2 Å². The first kappa shape index (κ1) is 12.9. The number of β-amino-alcohol motifs (C(OH)–C–C–N with tert-alkyl or cyclic N) is 1. The molecule has 1 unspecified atom stereocenters. The molecule has 1 fully saturated rings. The molecule has 6 nitrogen and oxygen atoms in total. The highest BCUT2D eigenvalue weighted by Crippen LogP contribution is 2.19. The second-order valence-electron chi connectivity index (χ2n) is 4.31. The van der Waals surface area contributed by atoms with Crippen molar-refractivity contribution in [2.24, 2.45) is 5.73 Å². The van der Waals surface area contributed by atoms with Crippen molar-refractivity contribution < 1.29 is 19.8 Å². The van der Waals surface area contributed by atoms with Gasteiger partial charge in [0, 0.05) is 25.4 Å². The zero-order chi connectivity index (χ0) is 12.3. The van der Waals surface area contributed by atoms with Crippen LogP contribution >= 0.6 is 0 Å². The normalized spacial score (nSPS) is 26.8. The van der Waals surface area contributed by atoms with Gasteiger partial charge in [0.1, 0.15) is 6.04 Å². The molecule has 0 bridgehead atoms. The van der Waals surface area contributed by atoms with Crippen LogP contribution in [0.3, 0.4) is 0 Å². The van der Waals surface area contributed by atoms with Crippen LogP contribution in [0.2, 0.25) is 0 Å². The number of hydrogen-bond donors (Lipinski definition) is 3. The molecule has 1 heterocycles. The van der Waals surface area contributed by atoms with Crippen molar-refractivity contribution in [2.75, 3.05) is 6.54 Å². The second-order valence-corrected chi connectivity index (χ2v) is 4.31. The van der Waals surface area contributed by atoms with E-state index in [0.717, 1.165) is 0 Å². The fourth-order valence-electron chi connectivity index (χ4n) is 1.82. The van der Waals surface area contributed by atoms with Gasteiger partial charge in [-0.2, -0.15) is 0 Å². The summed E-state index contributed by atoms with van der Waals surface area (Å²) >= 11 is 0. The third-order valence-corrected chi connectivity index (χ3v) is 2.70. The van der Waals surface area contributed by atoms with Crippen molar-refractivity contribution in [2.45, 2.75) is 44.4 Å². The van der Waals surface area contributed by atoms with Gasteiger partial charge >= 0.3 is 5.97 Å². The highest BCUT2D eigenvalue weighted by atomic mass is 16.4. The second kappa shape index (κ2) is 5.27. The molecule has 16 heavy (non-hydrogen) atoms. The molecule has 0 aromatic rings. The number of nitrogens with zero attached hydrogens (tertiary/aromatic N) is 1. The fourth-order valence-corrected chi connectivity index (χ4v) is 1.82. The molecule has 1 aliphatic heterocycles. The van der Waals surface area contributed by atoms with Crippen molar-refractivity contribution >= 4 is 11.9 Å². The lowest BCUT2D eigenvalue weighted by atomic mass is 10.1. The number of aliphatic hydroxyl groups is 1. The van der Waals surface area contributed by atoms with Gasteiger partial charge in [-0.3, -0.25) is 4.79 Å². The molecule has 1 amide bonds. The smallest absolute Gasteiger partial charge is 0.326 e. The molecule has 3 atom stereocenters. The summed E-state index contributed by atoms with van der Waals surface area (Å²) in [6.45, 7) is 1.90. The molecule has 0 radical (unpaired) electrons. The van der Waals surface area contributed by atoms with Crippen LogP contribution in [-0.4, -0.2) is 51.7 Å². The van der Waals surface area contributed by atoms with Gasteiger partial charge in [-0.15, -0.1) is 0 Å². The molecule has 1 saturated heterocycles. The van der Waals surface area contributed by atoms with Crippen molar-refractivity contribution in [3.63, 3.8) is 0 Å². The summed E-state index contributed by atoms with van der Waals surface area (Å²) in [7, 11) is 0. The van der Waals surface area contributed by atoms with Crippen molar-refractivity contribution in [3.8, 4) is 0 Å². The van der Waals surface area contributed by atoms with Crippen LogP contribution in [0, 0.1) is 0 Å². The minimum Gasteiger partial charge on any atom is -0.480 e. The Morgan fingerprint density at radius 3 is 2.69 bits per heavy atom. The van der Waals surface area contributed by atoms with Gasteiger partial charge in [0.15, 0.2) is 0 Å². The number of carbonyl (C=O) groups is 2. The molecule has 92 valence electrons. The molecule has 0 aromatic carbocycles. The number of aliphatic hydroxyl groups excluding tert-OH is 1. The largest absolute Gasteiger partial charge is 0.480 e. The number of nitrogens with two attached hydrogens (primary N) is 1. The highest BCUT2D eigenvalue weighted by molar-refractivity contribution is 5.84. The standard InChI is InChI=1S/C10H18N2O4/c1-6(11)2-3-9(14)12-5-7(13)4-8(12)10(15)16/h6-8,13H,2-5,11H2,1H3,(H,15,16)/t6?,7-,8-/m1/s1. The lowest BCUT2D eigenvalue weighted by molar-refractivity contribution is -0.148. The lowest BCUT2D eigenvalue weighted by Gasteiger charge is -2.21. The number of rotatable bonds is 4. The van der Waals surface area contributed by atoms with Crippen LogP contribution in [0.4, 0.5) is 0 Å². The minimum absolute atomic E-state index is 0.0836. The zero-order valence-electron chi connectivity index (χ0n) is 9.30. The lowest BCUT2D eigenvalue weighted by Crippen LogP contribution is -2.40. The van der Waals surface area contributed by atoms with E-state index in [-0.39, 0.29) is 31.3 Å². The summed E-state index contributed by atoms with van der Waals surface area (Å²) in [5.74, 6) is -1.31. The Kier molecular flexibility index (Phi) is 4.26. The van der Waals surface area contributed by atoms with Gasteiger partial charge in [-0.1, -0.05) is 0 Å². The molecule has 1 rings (SSSR count). The van der Waals surface area contributed by atoms with Crippen LogP contribution in [0.5, 0.6) is 0 Å². The van der Waals surface area contributed by atoms with E-state index in [1.807, 2.05) is 0 Å². The van der Waals surface area contributed by atoms with Gasteiger partial charge in [0.25, 0.3) is 0 Å². The molecular formula is C10H18N2O4. The Morgan fingerprint density at radius 1 is 1.56 bits per heavy atom. The first-order chi connectivity index (χ1) is 7.41. The van der Waals surface area contributed by atoms with Gasteiger partial charge in [-0.25, -0.2) is 4.79 Å². The Bertz CT molecular complexity index is 280. The van der Waals surface area contributed by atoms with Crippen LogP contribution in [0.15, 0.2) is 0 Å². The molecular weight excluding hydrogens is 212 g/mol. The molecule has 6 heteroatoms. The zero-order valence-corrected chi connectivity index (χ0v) is 9.30. The third-order valence-electron chi connectivity index (χ3n) is 2.70. The summed E-state index contributed by atoms with van der Waals surface area (Å²) in [6.07, 6.45) is 0.130. The Hall–Kier alpha value is -1.14. The average molecular weight is 230 g/mol. The van der Waals surface area contributed by atoms with Gasteiger partial charge in [0.05, 0.1) is 6.10 Å². The summed E-state index contributed by atoms with van der Waals surface area (Å²) in [4.78, 5) is 23.8. The number of amides is 1. The maximum absolute atomic E-state index is 11.7. The van der Waals surface area contributed by atoms with Crippen molar-refractivity contribution in [1.29, 1.82) is 0 Å². The van der Waals surface area contributed by atoms with E-state index < -0.39 is 18.1 Å². The van der Waals surface area contributed by atoms with Gasteiger partial charge < -0.3 is 20.8 Å². The Morgan fingerprint density at radius 2 is 2.19 bits per heavy atom. The molecule has 0 aliphatic carbocycles. The Labute approximate surface area is 94.0 Å². The molecule has 1 aliphatic rings. The first-order valence-corrected chi connectivity index (χ1v) is 5.37. The minimum atomic E-state index is -1.06. The summed E-state index contributed by atoms with van der Waals surface area (Å²) in [6, 6.07) is -0.977. The number of likely N-dealkylation sites (tertiary alicyclic amines) is 1. The quantitative estimate of drug-likeness (QED) is 0.584. The van der Waals surface area contributed by atoms with Crippen molar-refractivity contribution in [1.82, 2.24) is 4.90 Å². The number of carbonyl (C=O) groups excluding carboxylic acids is 1. The van der Waals surface area contributed by atoms with Crippen LogP contribution in [-0.2, 0) is 9.59 Å². The predicted molar refractivity (Wildman–Crippen MR) is 56.6 cm³/mol. The highest BCUT2D eigenvalue weighted by Gasteiger charge is 2.38. The van der Waals surface area contributed by atoms with Crippen LogP contribution in [0.25, 0.3) is 0 Å². The number of hydrogen-bond acceptors (Lipinski definition) is 4. The Balaban J connectivity index is 2.56. The van der Waals surface area contributed by atoms with E-state index >= 15 is 0 Å². The van der Waals surface area contributed by atoms with E-state index in [1.165, 1.54) is 4.90 Å². The first-order valence-electron chi connectivity index (χ1n) is 5.37. The number of carboxylic acid groups (broad SMARTS) is 1. The topological polar surface area (TPSA) is 104 Å². The van der Waals surface area contributed by atoms with E-state index in [9.17, 15) is 14.7 Å². The van der Waals surface area contributed by atoms with Gasteiger partial charge in [0.2, 0.25) is 5.91 Å². The number of aliphatic carboxylic acids is 1. The van der Waals surface area contributed by atoms with E-state index in [4.69, 9.17) is 10.8 Å². The van der Waals surface area contributed by atoms with Gasteiger partial charge in [-0.05, 0) is 13.3 Å². The fraction of sp³-hybridized carbons (Fsp3) is 0.800. The molecule has 0 saturated carbocycles. The molecule has 0 spiro atoms. The maximum Gasteiger partial charge on any atom is 0.326 e. The van der Waals surface area contributed by atoms with E-state index in [2.05, 4.69) is 0 Å². The third kappa shape index (κ3) is 3.18. The van der Waals surface area contributed by atoms with Crippen molar-refractivity contribution in [3.05, 3.63) is 0 Å². The monoisotopic (exact) mass is 230 g/mol. The predicted octanol–water partition coefficient (Wildman–Crippen LogP) is -0.840.